The molecule has 1 amide bonds. The average molecular weight is 245 g/mol. The summed E-state index contributed by atoms with van der Waals surface area (Å²) in [5.41, 5.74) is 5.92. The Morgan fingerprint density at radius 1 is 1.56 bits per heavy atom. The highest BCUT2D eigenvalue weighted by Gasteiger charge is 2.16. The van der Waals surface area contributed by atoms with Crippen LogP contribution in [0, 0.1) is 12.7 Å². The van der Waals surface area contributed by atoms with Crippen LogP contribution in [0.25, 0.3) is 0 Å². The van der Waals surface area contributed by atoms with Gasteiger partial charge in [-0.05, 0) is 24.6 Å². The molecule has 0 heterocycles. The summed E-state index contributed by atoms with van der Waals surface area (Å²) in [6.45, 7) is 2.36. The normalized spacial score (nSPS) is 10.3. The molecule has 0 aliphatic rings. The standard InChI is InChI=1S/C11H14ClFN2O/c1-7-5-9(12)8(6-10(7)13)11(16)15(2)4-3-14/h5-6H,3-4,14H2,1-2H3. The number of halogens is 2. The number of carbonyl (C=O) groups excluding carboxylic acids is 1. The van der Waals surface area contributed by atoms with E-state index in [2.05, 4.69) is 0 Å². The van der Waals surface area contributed by atoms with Crippen molar-refractivity contribution in [3.05, 3.63) is 34.1 Å². The van der Waals surface area contributed by atoms with Gasteiger partial charge in [0, 0.05) is 20.1 Å². The minimum atomic E-state index is -0.436. The van der Waals surface area contributed by atoms with Crippen LogP contribution in [0.1, 0.15) is 15.9 Å². The lowest BCUT2D eigenvalue weighted by atomic mass is 10.1. The zero-order valence-electron chi connectivity index (χ0n) is 9.26. The van der Waals surface area contributed by atoms with Crippen LogP contribution in [0.15, 0.2) is 12.1 Å². The molecule has 16 heavy (non-hydrogen) atoms. The van der Waals surface area contributed by atoms with Gasteiger partial charge in [0.15, 0.2) is 0 Å². The Morgan fingerprint density at radius 3 is 2.75 bits per heavy atom. The van der Waals surface area contributed by atoms with Gasteiger partial charge in [-0.1, -0.05) is 11.6 Å². The number of rotatable bonds is 3. The lowest BCUT2D eigenvalue weighted by molar-refractivity contribution is 0.0798. The second-order valence-electron chi connectivity index (χ2n) is 3.60. The summed E-state index contributed by atoms with van der Waals surface area (Å²) in [5, 5.41) is 0.257. The first kappa shape index (κ1) is 12.9. The second-order valence-corrected chi connectivity index (χ2v) is 4.00. The predicted molar refractivity (Wildman–Crippen MR) is 62.2 cm³/mol. The summed E-state index contributed by atoms with van der Waals surface area (Å²) in [6.07, 6.45) is 0. The SMILES string of the molecule is Cc1cc(Cl)c(C(=O)N(C)CCN)cc1F. The quantitative estimate of drug-likeness (QED) is 0.882. The number of carbonyl (C=O) groups is 1. The van der Waals surface area contributed by atoms with Crippen molar-refractivity contribution >= 4 is 17.5 Å². The first-order chi connectivity index (χ1) is 7.47. The van der Waals surface area contributed by atoms with Gasteiger partial charge < -0.3 is 10.6 Å². The molecule has 5 heteroatoms. The molecule has 0 bridgehead atoms. The third-order valence-corrected chi connectivity index (χ3v) is 2.60. The molecule has 3 nitrogen and oxygen atoms in total. The van der Waals surface area contributed by atoms with E-state index in [-0.39, 0.29) is 16.5 Å². The highest BCUT2D eigenvalue weighted by Crippen LogP contribution is 2.21. The molecule has 0 atom stereocenters. The number of nitrogens with zero attached hydrogens (tertiary/aromatic N) is 1. The van der Waals surface area contributed by atoms with Crippen molar-refractivity contribution in [3.8, 4) is 0 Å². The summed E-state index contributed by atoms with van der Waals surface area (Å²) in [4.78, 5) is 13.3. The third kappa shape index (κ3) is 2.71. The van der Waals surface area contributed by atoms with E-state index in [1.165, 1.54) is 11.0 Å². The van der Waals surface area contributed by atoms with Gasteiger partial charge in [-0.15, -0.1) is 0 Å². The summed E-state index contributed by atoms with van der Waals surface area (Å²) >= 11 is 5.90. The summed E-state index contributed by atoms with van der Waals surface area (Å²) in [5.74, 6) is -0.761. The average Bonchev–Trinajstić information content (AvgIpc) is 2.23. The molecular weight excluding hydrogens is 231 g/mol. The fourth-order valence-corrected chi connectivity index (χ4v) is 1.61. The molecule has 1 aromatic rings. The van der Waals surface area contributed by atoms with Crippen molar-refractivity contribution in [3.63, 3.8) is 0 Å². The lowest BCUT2D eigenvalue weighted by Crippen LogP contribution is -2.31. The van der Waals surface area contributed by atoms with E-state index in [0.29, 0.717) is 18.7 Å². The minimum absolute atomic E-state index is 0.167. The molecule has 1 aromatic carbocycles. The molecule has 0 aliphatic heterocycles. The largest absolute Gasteiger partial charge is 0.340 e. The fourth-order valence-electron chi connectivity index (χ4n) is 1.31. The van der Waals surface area contributed by atoms with Crippen molar-refractivity contribution < 1.29 is 9.18 Å². The van der Waals surface area contributed by atoms with Crippen LogP contribution in [0.5, 0.6) is 0 Å². The van der Waals surface area contributed by atoms with Gasteiger partial charge in [-0.2, -0.15) is 0 Å². The molecule has 0 saturated carbocycles. The zero-order chi connectivity index (χ0) is 12.3. The molecule has 0 unspecified atom stereocenters. The molecule has 1 rings (SSSR count). The van der Waals surface area contributed by atoms with Gasteiger partial charge in [-0.25, -0.2) is 4.39 Å². The Bertz CT molecular complexity index is 409. The van der Waals surface area contributed by atoms with Crippen molar-refractivity contribution in [2.75, 3.05) is 20.1 Å². The van der Waals surface area contributed by atoms with Crippen molar-refractivity contribution in [1.82, 2.24) is 4.90 Å². The van der Waals surface area contributed by atoms with Gasteiger partial charge in [0.2, 0.25) is 0 Å². The molecule has 0 aliphatic carbocycles. The molecule has 0 saturated heterocycles. The number of hydrogen-bond donors (Lipinski definition) is 1. The van der Waals surface area contributed by atoms with Crippen LogP contribution in [-0.2, 0) is 0 Å². The number of nitrogens with two attached hydrogens (primary N) is 1. The third-order valence-electron chi connectivity index (χ3n) is 2.29. The maximum atomic E-state index is 13.3. The van der Waals surface area contributed by atoms with Crippen LogP contribution < -0.4 is 5.73 Å². The number of amides is 1. The molecule has 0 fully saturated rings. The van der Waals surface area contributed by atoms with E-state index in [1.54, 1.807) is 14.0 Å². The Kier molecular flexibility index (Phi) is 4.26. The van der Waals surface area contributed by atoms with Gasteiger partial charge in [0.05, 0.1) is 10.6 Å². The number of benzene rings is 1. The molecular formula is C11H14ClFN2O. The maximum absolute atomic E-state index is 13.3. The van der Waals surface area contributed by atoms with E-state index in [9.17, 15) is 9.18 Å². The molecule has 88 valence electrons. The van der Waals surface area contributed by atoms with E-state index in [0.717, 1.165) is 6.07 Å². The Morgan fingerprint density at radius 2 is 2.19 bits per heavy atom. The van der Waals surface area contributed by atoms with Gasteiger partial charge in [0.1, 0.15) is 5.82 Å². The van der Waals surface area contributed by atoms with Gasteiger partial charge >= 0.3 is 0 Å². The summed E-state index contributed by atoms with van der Waals surface area (Å²) in [7, 11) is 1.60. The molecule has 0 aromatic heterocycles. The number of aryl methyl sites for hydroxylation is 1. The monoisotopic (exact) mass is 244 g/mol. The van der Waals surface area contributed by atoms with Crippen LogP contribution >= 0.6 is 11.6 Å². The minimum Gasteiger partial charge on any atom is -0.340 e. The van der Waals surface area contributed by atoms with Gasteiger partial charge in [-0.3, -0.25) is 4.79 Å². The first-order valence-corrected chi connectivity index (χ1v) is 5.26. The molecule has 0 spiro atoms. The highest BCUT2D eigenvalue weighted by molar-refractivity contribution is 6.33. The van der Waals surface area contributed by atoms with Crippen LogP contribution in [0.2, 0.25) is 5.02 Å². The van der Waals surface area contributed by atoms with Crippen LogP contribution in [0.3, 0.4) is 0 Å². The van der Waals surface area contributed by atoms with Crippen molar-refractivity contribution in [2.45, 2.75) is 6.92 Å². The van der Waals surface area contributed by atoms with E-state index >= 15 is 0 Å². The van der Waals surface area contributed by atoms with E-state index in [1.807, 2.05) is 0 Å². The van der Waals surface area contributed by atoms with Crippen molar-refractivity contribution in [2.24, 2.45) is 5.73 Å². The Hall–Kier alpha value is -1.13. The molecule has 2 N–H and O–H groups in total. The Balaban J connectivity index is 3.04. The molecule has 0 radical (unpaired) electrons. The topological polar surface area (TPSA) is 46.3 Å². The van der Waals surface area contributed by atoms with Crippen LogP contribution in [-0.4, -0.2) is 30.9 Å². The fraction of sp³-hybridized carbons (Fsp3) is 0.364. The van der Waals surface area contributed by atoms with Crippen LogP contribution in [0.4, 0.5) is 4.39 Å². The Labute approximate surface area is 99.0 Å². The first-order valence-electron chi connectivity index (χ1n) is 4.88. The number of likely N-dealkylation sites (N-methyl/N-ethyl adjacent to an activating group) is 1. The van der Waals surface area contributed by atoms with E-state index in [4.69, 9.17) is 17.3 Å². The highest BCUT2D eigenvalue weighted by atomic mass is 35.5. The number of hydrogen-bond acceptors (Lipinski definition) is 2. The predicted octanol–water partition coefficient (Wildman–Crippen LogP) is 1.82. The lowest BCUT2D eigenvalue weighted by Gasteiger charge is -2.17. The zero-order valence-corrected chi connectivity index (χ0v) is 10.0. The second kappa shape index (κ2) is 5.27. The van der Waals surface area contributed by atoms with E-state index < -0.39 is 5.82 Å². The van der Waals surface area contributed by atoms with Gasteiger partial charge in [0.25, 0.3) is 5.91 Å². The van der Waals surface area contributed by atoms with Crippen molar-refractivity contribution in [1.29, 1.82) is 0 Å². The smallest absolute Gasteiger partial charge is 0.255 e. The maximum Gasteiger partial charge on any atom is 0.255 e. The summed E-state index contributed by atoms with van der Waals surface area (Å²) in [6, 6.07) is 2.60. The summed E-state index contributed by atoms with van der Waals surface area (Å²) < 4.78 is 13.3.